The second-order valence-corrected chi connectivity index (χ2v) is 11.9. The summed E-state index contributed by atoms with van der Waals surface area (Å²) in [6, 6.07) is 22.9. The van der Waals surface area contributed by atoms with Gasteiger partial charge in [0, 0.05) is 18.5 Å². The molecule has 0 aliphatic heterocycles. The van der Waals surface area contributed by atoms with Crippen molar-refractivity contribution in [3.63, 3.8) is 0 Å². The summed E-state index contributed by atoms with van der Waals surface area (Å²) in [5, 5.41) is 3.09. The molecule has 3 rings (SSSR count). The summed E-state index contributed by atoms with van der Waals surface area (Å²) in [5.74, 6) is 0.535. The zero-order chi connectivity index (χ0) is 27.9. The molecule has 38 heavy (non-hydrogen) atoms. The van der Waals surface area contributed by atoms with E-state index in [-0.39, 0.29) is 18.4 Å². The first-order valence-corrected chi connectivity index (χ1v) is 13.9. The Bertz CT molecular complexity index is 1230. The maximum atomic E-state index is 13.8. The van der Waals surface area contributed by atoms with E-state index >= 15 is 0 Å². The zero-order valence-electron chi connectivity index (χ0n) is 23.3. The minimum atomic E-state index is -0.709. The van der Waals surface area contributed by atoms with Gasteiger partial charge in [-0.15, -0.1) is 0 Å². The highest BCUT2D eigenvalue weighted by atomic mass is 79.9. The van der Waals surface area contributed by atoms with Gasteiger partial charge in [-0.25, -0.2) is 0 Å². The molecule has 0 fully saturated rings. The van der Waals surface area contributed by atoms with Crippen LogP contribution >= 0.6 is 15.9 Å². The van der Waals surface area contributed by atoms with E-state index in [9.17, 15) is 9.59 Å². The lowest BCUT2D eigenvalue weighted by Gasteiger charge is -2.34. The smallest absolute Gasteiger partial charge is 0.261 e. The molecule has 0 bridgehead atoms. The maximum Gasteiger partial charge on any atom is 0.261 e. The molecule has 1 N–H and O–H groups in total. The average molecular weight is 580 g/mol. The van der Waals surface area contributed by atoms with Crippen LogP contribution < -0.4 is 10.1 Å². The summed E-state index contributed by atoms with van der Waals surface area (Å²) < 4.78 is 6.79. The van der Waals surface area contributed by atoms with Gasteiger partial charge in [-0.2, -0.15) is 0 Å². The van der Waals surface area contributed by atoms with Crippen molar-refractivity contribution in [1.29, 1.82) is 0 Å². The van der Waals surface area contributed by atoms with Crippen LogP contribution in [0.25, 0.3) is 0 Å². The maximum absolute atomic E-state index is 13.8. The van der Waals surface area contributed by atoms with Gasteiger partial charge in [-0.3, -0.25) is 9.59 Å². The Morgan fingerprint density at radius 3 is 2.24 bits per heavy atom. The van der Waals surface area contributed by atoms with Gasteiger partial charge in [0.2, 0.25) is 5.91 Å². The Balaban J connectivity index is 1.94. The molecule has 1 atom stereocenters. The Kier molecular flexibility index (Phi) is 10.1. The summed E-state index contributed by atoms with van der Waals surface area (Å²) in [6.45, 7) is 12.2. The van der Waals surface area contributed by atoms with Crippen LogP contribution in [0.2, 0.25) is 0 Å². The Labute approximate surface area is 235 Å². The fourth-order valence-electron chi connectivity index (χ4n) is 4.19. The predicted octanol–water partition coefficient (Wildman–Crippen LogP) is 6.81. The third-order valence-electron chi connectivity index (χ3n) is 6.34. The van der Waals surface area contributed by atoms with Crippen LogP contribution in [0.1, 0.15) is 62.8 Å². The van der Waals surface area contributed by atoms with Crippen molar-refractivity contribution in [2.24, 2.45) is 0 Å². The first-order valence-electron chi connectivity index (χ1n) is 13.1. The van der Waals surface area contributed by atoms with E-state index in [4.69, 9.17) is 4.74 Å². The standard InChI is InChI=1S/C32H39BrN2O3/c1-22(2)25-16-17-29(27(33)19-25)38-21-30(36)35(20-26-15-11-10-12-23(26)3)28(31(37)34-32(4,5)6)18-24-13-8-7-9-14-24/h7-17,19,22,28H,18,20-21H2,1-6H3,(H,34,37)/t28-/m0/s1. The molecule has 5 nitrogen and oxygen atoms in total. The van der Waals surface area contributed by atoms with E-state index in [2.05, 4.69) is 35.1 Å². The van der Waals surface area contributed by atoms with Crippen LogP contribution in [0, 0.1) is 6.92 Å². The van der Waals surface area contributed by atoms with E-state index in [0.717, 1.165) is 21.2 Å². The molecule has 0 unspecified atom stereocenters. The quantitative estimate of drug-likeness (QED) is 0.287. The topological polar surface area (TPSA) is 58.6 Å². The fourth-order valence-corrected chi connectivity index (χ4v) is 4.70. The second-order valence-electron chi connectivity index (χ2n) is 11.0. The number of carbonyl (C=O) groups excluding carboxylic acids is 2. The lowest BCUT2D eigenvalue weighted by Crippen LogP contribution is -2.55. The molecule has 0 spiro atoms. The SMILES string of the molecule is Cc1ccccc1CN(C(=O)COc1ccc(C(C)C)cc1Br)[C@@H](Cc1ccccc1)C(=O)NC(C)(C)C. The number of nitrogens with zero attached hydrogens (tertiary/aromatic N) is 1. The summed E-state index contributed by atoms with van der Waals surface area (Å²) in [7, 11) is 0. The van der Waals surface area contributed by atoms with Gasteiger partial charge >= 0.3 is 0 Å². The summed E-state index contributed by atoms with van der Waals surface area (Å²) >= 11 is 3.58. The van der Waals surface area contributed by atoms with Gasteiger partial charge < -0.3 is 15.0 Å². The molecule has 0 heterocycles. The summed E-state index contributed by atoms with van der Waals surface area (Å²) in [4.78, 5) is 29.1. The number of amides is 2. The molecule has 6 heteroatoms. The van der Waals surface area contributed by atoms with Gasteiger partial charge in [0.05, 0.1) is 4.47 Å². The van der Waals surface area contributed by atoms with E-state index in [0.29, 0.717) is 24.6 Å². The molecule has 0 saturated heterocycles. The highest BCUT2D eigenvalue weighted by Gasteiger charge is 2.32. The van der Waals surface area contributed by atoms with Crippen molar-refractivity contribution >= 4 is 27.7 Å². The molecule has 0 aliphatic carbocycles. The summed E-state index contributed by atoms with van der Waals surface area (Å²) in [6.07, 6.45) is 0.396. The minimum Gasteiger partial charge on any atom is -0.483 e. The Hall–Kier alpha value is -3.12. The first-order chi connectivity index (χ1) is 17.9. The molecule has 0 aromatic heterocycles. The third-order valence-corrected chi connectivity index (χ3v) is 6.96. The van der Waals surface area contributed by atoms with Crippen molar-refractivity contribution in [3.05, 3.63) is 99.5 Å². The number of benzene rings is 3. The third kappa shape index (κ3) is 8.45. The molecule has 0 aliphatic rings. The average Bonchev–Trinajstić information content (AvgIpc) is 2.85. The normalized spacial score (nSPS) is 12.2. The van der Waals surface area contributed by atoms with Gasteiger partial charge in [0.25, 0.3) is 5.91 Å². The number of hydrogen-bond donors (Lipinski definition) is 1. The van der Waals surface area contributed by atoms with Crippen LogP contribution in [0.15, 0.2) is 77.3 Å². The lowest BCUT2D eigenvalue weighted by molar-refractivity contribution is -0.143. The van der Waals surface area contributed by atoms with Gasteiger partial charge in [-0.05, 0) is 83.9 Å². The van der Waals surface area contributed by atoms with E-state index in [1.165, 1.54) is 5.56 Å². The van der Waals surface area contributed by atoms with E-state index in [1.54, 1.807) is 4.90 Å². The molecular formula is C32H39BrN2O3. The monoisotopic (exact) mass is 578 g/mol. The van der Waals surface area contributed by atoms with E-state index in [1.807, 2.05) is 100 Å². The van der Waals surface area contributed by atoms with Crippen LogP contribution in [0.5, 0.6) is 5.75 Å². The molecule has 3 aromatic rings. The van der Waals surface area contributed by atoms with Crippen molar-refractivity contribution < 1.29 is 14.3 Å². The fraction of sp³-hybridized carbons (Fsp3) is 0.375. The molecule has 202 valence electrons. The van der Waals surface area contributed by atoms with Crippen molar-refractivity contribution in [2.75, 3.05) is 6.61 Å². The predicted molar refractivity (Wildman–Crippen MR) is 157 cm³/mol. The van der Waals surface area contributed by atoms with Crippen LogP contribution in [0.4, 0.5) is 0 Å². The van der Waals surface area contributed by atoms with E-state index < -0.39 is 11.6 Å². The number of ether oxygens (including phenoxy) is 1. The highest BCUT2D eigenvalue weighted by Crippen LogP contribution is 2.29. The Morgan fingerprint density at radius 1 is 0.974 bits per heavy atom. The van der Waals surface area contributed by atoms with Crippen LogP contribution in [0.3, 0.4) is 0 Å². The summed E-state index contributed by atoms with van der Waals surface area (Å²) in [5.41, 5.74) is 3.77. The van der Waals surface area contributed by atoms with Gasteiger partial charge in [0.1, 0.15) is 11.8 Å². The number of halogens is 1. The highest BCUT2D eigenvalue weighted by molar-refractivity contribution is 9.10. The number of carbonyl (C=O) groups is 2. The lowest BCUT2D eigenvalue weighted by atomic mass is 10.00. The van der Waals surface area contributed by atoms with Crippen molar-refractivity contribution in [3.8, 4) is 5.75 Å². The second kappa shape index (κ2) is 13.1. The molecular weight excluding hydrogens is 540 g/mol. The zero-order valence-corrected chi connectivity index (χ0v) is 24.8. The van der Waals surface area contributed by atoms with Crippen molar-refractivity contribution in [2.45, 2.75) is 72.0 Å². The van der Waals surface area contributed by atoms with Gasteiger partial charge in [-0.1, -0.05) is 74.5 Å². The largest absolute Gasteiger partial charge is 0.483 e. The molecule has 0 radical (unpaired) electrons. The first kappa shape index (κ1) is 29.4. The van der Waals surface area contributed by atoms with Crippen LogP contribution in [-0.4, -0.2) is 34.9 Å². The molecule has 2 amide bonds. The number of nitrogens with one attached hydrogen (secondary N) is 1. The number of rotatable bonds is 10. The van der Waals surface area contributed by atoms with Crippen LogP contribution in [-0.2, 0) is 22.6 Å². The minimum absolute atomic E-state index is 0.181. The number of hydrogen-bond acceptors (Lipinski definition) is 3. The van der Waals surface area contributed by atoms with Gasteiger partial charge in [0.15, 0.2) is 6.61 Å². The Morgan fingerprint density at radius 2 is 1.63 bits per heavy atom. The van der Waals surface area contributed by atoms with Crippen molar-refractivity contribution in [1.82, 2.24) is 10.2 Å². The molecule has 0 saturated carbocycles. The number of aryl methyl sites for hydroxylation is 1. The molecule has 3 aromatic carbocycles.